The van der Waals surface area contributed by atoms with Gasteiger partial charge < -0.3 is 10.2 Å². The Hall–Kier alpha value is -0.620. The average molecular weight is 356 g/mol. The zero-order valence-corrected chi connectivity index (χ0v) is 15.3. The summed E-state index contributed by atoms with van der Waals surface area (Å²) < 4.78 is 0. The zero-order valence-electron chi connectivity index (χ0n) is 13.7. The quantitative estimate of drug-likeness (QED) is 0.901. The van der Waals surface area contributed by atoms with E-state index >= 15 is 0 Å². The summed E-state index contributed by atoms with van der Waals surface area (Å²) in [5.41, 5.74) is 1.37. The van der Waals surface area contributed by atoms with Crippen LogP contribution in [0.4, 0.5) is 0 Å². The first-order valence-corrected chi connectivity index (χ1v) is 9.39. The van der Waals surface area contributed by atoms with Crippen molar-refractivity contribution in [2.24, 2.45) is 5.92 Å². The van der Waals surface area contributed by atoms with Crippen molar-refractivity contribution in [3.05, 3.63) is 21.9 Å². The molecule has 3 fully saturated rings. The molecule has 1 N–H and O–H groups in total. The molecule has 1 saturated carbocycles. The van der Waals surface area contributed by atoms with Crippen LogP contribution < -0.4 is 5.32 Å². The topological polar surface area (TPSA) is 35.6 Å². The van der Waals surface area contributed by atoms with Crippen molar-refractivity contribution in [1.29, 1.82) is 0 Å². The monoisotopic (exact) mass is 355 g/mol. The maximum Gasteiger partial charge on any atom is 0.226 e. The lowest BCUT2D eigenvalue weighted by Crippen LogP contribution is -2.49. The fraction of sp³-hybridized carbons (Fsp3) is 0.706. The van der Waals surface area contributed by atoms with Crippen LogP contribution >= 0.6 is 23.7 Å². The van der Waals surface area contributed by atoms with Crippen LogP contribution in [0.15, 0.2) is 11.4 Å². The lowest BCUT2D eigenvalue weighted by atomic mass is 10.2. The van der Waals surface area contributed by atoms with Gasteiger partial charge in [0.05, 0.1) is 0 Å². The molecule has 4 nitrogen and oxygen atoms in total. The van der Waals surface area contributed by atoms with E-state index in [9.17, 15) is 4.79 Å². The van der Waals surface area contributed by atoms with Crippen LogP contribution in [0.2, 0.25) is 0 Å². The van der Waals surface area contributed by atoms with Gasteiger partial charge in [0.25, 0.3) is 0 Å². The minimum absolute atomic E-state index is 0. The van der Waals surface area contributed by atoms with Crippen molar-refractivity contribution in [1.82, 2.24) is 15.1 Å². The van der Waals surface area contributed by atoms with Crippen molar-refractivity contribution in [2.45, 2.75) is 31.7 Å². The fourth-order valence-electron chi connectivity index (χ4n) is 4.04. The Morgan fingerprint density at radius 2 is 2.09 bits per heavy atom. The largest absolute Gasteiger partial charge is 0.341 e. The molecule has 3 heterocycles. The molecule has 0 spiro atoms. The molecule has 0 aromatic carbocycles. The van der Waals surface area contributed by atoms with E-state index in [1.54, 1.807) is 0 Å². The lowest BCUT2D eigenvalue weighted by molar-refractivity contribution is -0.131. The normalized spacial score (nSPS) is 31.0. The summed E-state index contributed by atoms with van der Waals surface area (Å²) in [5.74, 6) is 1.18. The van der Waals surface area contributed by atoms with E-state index < -0.39 is 0 Å². The van der Waals surface area contributed by atoms with Gasteiger partial charge in [0, 0.05) is 62.0 Å². The predicted molar refractivity (Wildman–Crippen MR) is 96.6 cm³/mol. The molecule has 1 aromatic heterocycles. The van der Waals surface area contributed by atoms with Gasteiger partial charge in [-0.05, 0) is 36.8 Å². The lowest BCUT2D eigenvalue weighted by Gasteiger charge is -2.32. The van der Waals surface area contributed by atoms with Gasteiger partial charge >= 0.3 is 0 Å². The highest BCUT2D eigenvalue weighted by Gasteiger charge is 2.48. The van der Waals surface area contributed by atoms with E-state index in [1.807, 2.05) is 11.3 Å². The highest BCUT2D eigenvalue weighted by atomic mass is 35.5. The SMILES string of the molecule is Cc1ccsc1C1CC1C(=O)N1CCC(N2CCNCC2)C1.Cl. The standard InChI is InChI=1S/C17H25N3OS.ClH/c1-12-3-9-22-16(12)14-10-15(14)17(21)20-6-2-13(11-20)19-7-4-18-5-8-19;/h3,9,13-15,18H,2,4-8,10-11H2,1H3;1H. The van der Waals surface area contributed by atoms with Crippen LogP contribution in [0.25, 0.3) is 0 Å². The summed E-state index contributed by atoms with van der Waals surface area (Å²) in [5, 5.41) is 5.56. The van der Waals surface area contributed by atoms with E-state index in [-0.39, 0.29) is 18.3 Å². The third-order valence-electron chi connectivity index (χ3n) is 5.49. The number of amides is 1. The summed E-state index contributed by atoms with van der Waals surface area (Å²) in [4.78, 5) is 18.9. The molecule has 3 aliphatic rings. The molecule has 3 unspecified atom stereocenters. The Balaban J connectivity index is 0.00000156. The van der Waals surface area contributed by atoms with Crippen LogP contribution in [-0.4, -0.2) is 61.0 Å². The maximum atomic E-state index is 12.8. The highest BCUT2D eigenvalue weighted by Crippen LogP contribution is 2.51. The van der Waals surface area contributed by atoms with Gasteiger partial charge in [-0.1, -0.05) is 0 Å². The van der Waals surface area contributed by atoms with E-state index in [0.717, 1.165) is 52.1 Å². The first kappa shape index (κ1) is 17.2. The van der Waals surface area contributed by atoms with Crippen LogP contribution in [0.5, 0.6) is 0 Å². The molecule has 1 amide bonds. The van der Waals surface area contributed by atoms with Gasteiger partial charge in [0.1, 0.15) is 0 Å². The molecular weight excluding hydrogens is 330 g/mol. The van der Waals surface area contributed by atoms with Crippen molar-refractivity contribution in [3.8, 4) is 0 Å². The van der Waals surface area contributed by atoms with Gasteiger partial charge in [-0.2, -0.15) is 0 Å². The molecule has 1 aliphatic carbocycles. The van der Waals surface area contributed by atoms with Crippen molar-refractivity contribution < 1.29 is 4.79 Å². The van der Waals surface area contributed by atoms with Crippen LogP contribution in [-0.2, 0) is 4.79 Å². The number of rotatable bonds is 3. The Kier molecular flexibility index (Phi) is 5.31. The third-order valence-corrected chi connectivity index (χ3v) is 6.64. The number of piperazine rings is 1. The molecule has 0 bridgehead atoms. The molecule has 2 aliphatic heterocycles. The van der Waals surface area contributed by atoms with Gasteiger partial charge in [0.15, 0.2) is 0 Å². The summed E-state index contributed by atoms with van der Waals surface area (Å²) in [6.07, 6.45) is 2.22. The van der Waals surface area contributed by atoms with Crippen LogP contribution in [0.1, 0.15) is 29.2 Å². The smallest absolute Gasteiger partial charge is 0.226 e. The maximum absolute atomic E-state index is 12.8. The van der Waals surface area contributed by atoms with E-state index in [0.29, 0.717) is 17.9 Å². The molecule has 6 heteroatoms. The number of hydrogen-bond donors (Lipinski definition) is 1. The number of halogens is 1. The molecule has 3 atom stereocenters. The highest BCUT2D eigenvalue weighted by molar-refractivity contribution is 7.10. The summed E-state index contributed by atoms with van der Waals surface area (Å²) >= 11 is 1.82. The molecule has 128 valence electrons. The second-order valence-electron chi connectivity index (χ2n) is 6.93. The molecule has 23 heavy (non-hydrogen) atoms. The number of aryl methyl sites for hydroxylation is 1. The van der Waals surface area contributed by atoms with E-state index in [2.05, 4.69) is 33.5 Å². The third kappa shape index (κ3) is 3.43. The summed E-state index contributed by atoms with van der Waals surface area (Å²) in [6.45, 7) is 8.52. The Labute approximate surface area is 148 Å². The summed E-state index contributed by atoms with van der Waals surface area (Å²) in [7, 11) is 0. The minimum Gasteiger partial charge on any atom is -0.341 e. The Bertz CT molecular complexity index is 558. The van der Waals surface area contributed by atoms with E-state index in [1.165, 1.54) is 10.4 Å². The van der Waals surface area contributed by atoms with Crippen LogP contribution in [0, 0.1) is 12.8 Å². The van der Waals surface area contributed by atoms with Gasteiger partial charge in [-0.3, -0.25) is 9.69 Å². The number of carbonyl (C=O) groups is 1. The summed E-state index contributed by atoms with van der Waals surface area (Å²) in [6, 6.07) is 2.77. The number of carbonyl (C=O) groups excluding carboxylic acids is 1. The molecule has 4 rings (SSSR count). The molecule has 0 radical (unpaired) electrons. The second-order valence-corrected chi connectivity index (χ2v) is 7.88. The number of hydrogen-bond acceptors (Lipinski definition) is 4. The van der Waals surface area contributed by atoms with Gasteiger partial charge in [0.2, 0.25) is 5.91 Å². The minimum atomic E-state index is 0. The number of likely N-dealkylation sites (tertiary alicyclic amines) is 1. The van der Waals surface area contributed by atoms with Gasteiger partial charge in [-0.15, -0.1) is 23.7 Å². The number of nitrogens with zero attached hydrogens (tertiary/aromatic N) is 2. The van der Waals surface area contributed by atoms with E-state index in [4.69, 9.17) is 0 Å². The number of thiophene rings is 1. The zero-order chi connectivity index (χ0) is 15.1. The first-order chi connectivity index (χ1) is 10.7. The number of nitrogens with one attached hydrogen (secondary N) is 1. The average Bonchev–Trinajstić information content (AvgIpc) is 2.96. The van der Waals surface area contributed by atoms with Crippen molar-refractivity contribution >= 4 is 29.7 Å². The predicted octanol–water partition coefficient (Wildman–Crippen LogP) is 2.09. The second kappa shape index (κ2) is 7.09. The Morgan fingerprint density at radius 3 is 2.78 bits per heavy atom. The Morgan fingerprint density at radius 1 is 1.30 bits per heavy atom. The molecule has 2 saturated heterocycles. The molecule has 1 aromatic rings. The first-order valence-electron chi connectivity index (χ1n) is 8.51. The van der Waals surface area contributed by atoms with Gasteiger partial charge in [-0.25, -0.2) is 0 Å². The fourth-order valence-corrected chi connectivity index (χ4v) is 5.15. The van der Waals surface area contributed by atoms with Crippen molar-refractivity contribution in [2.75, 3.05) is 39.3 Å². The molecular formula is C17H26ClN3OS. The van der Waals surface area contributed by atoms with Crippen molar-refractivity contribution in [3.63, 3.8) is 0 Å². The van der Waals surface area contributed by atoms with Crippen LogP contribution in [0.3, 0.4) is 0 Å².